The number of rotatable bonds is 5. The summed E-state index contributed by atoms with van der Waals surface area (Å²) < 4.78 is 26.7. The van der Waals surface area contributed by atoms with Crippen LogP contribution >= 0.6 is 0 Å². The Morgan fingerprint density at radius 2 is 0.642 bits per heavy atom. The number of hydrogen-bond donors (Lipinski definition) is 15. The SMILES string of the molecule is COc1cc(-c2[o+]c3cc(O)cc(O)c3cc2O)cc(OC)c1O.Oc1cc(O)c2cc(O)c(-c3cc(O)c(O)c(O)c3)[o+]c2c1.Oc1cc(O)c2cc(O)c(-c3ccc(O)c(O)c3)[o+]c2c1. The van der Waals surface area contributed by atoms with Crippen molar-refractivity contribution < 1.29 is 99.3 Å². The predicted molar refractivity (Wildman–Crippen MR) is 236 cm³/mol. The van der Waals surface area contributed by atoms with E-state index in [1.54, 1.807) is 0 Å². The zero-order valence-corrected chi connectivity index (χ0v) is 34.5. The summed E-state index contributed by atoms with van der Waals surface area (Å²) in [5, 5.41) is 146. The highest BCUT2D eigenvalue weighted by Crippen LogP contribution is 2.46. The molecule has 20 heteroatoms. The first-order valence-electron chi connectivity index (χ1n) is 19.0. The molecule has 0 atom stereocenters. The van der Waals surface area contributed by atoms with Crippen molar-refractivity contribution in [3.63, 3.8) is 0 Å². The van der Waals surface area contributed by atoms with Crippen LogP contribution < -0.4 is 9.47 Å². The van der Waals surface area contributed by atoms with E-state index in [0.29, 0.717) is 11.1 Å². The van der Waals surface area contributed by atoms with Gasteiger partial charge in [0, 0.05) is 66.7 Å². The first-order chi connectivity index (χ1) is 31.8. The van der Waals surface area contributed by atoms with Gasteiger partial charge in [0.15, 0.2) is 40.2 Å². The van der Waals surface area contributed by atoms with Gasteiger partial charge in [-0.1, -0.05) is 0 Å². The van der Waals surface area contributed by atoms with Crippen LogP contribution in [-0.4, -0.2) is 90.8 Å². The molecule has 3 heterocycles. The molecule has 342 valence electrons. The number of methoxy groups -OCH3 is 2. The molecule has 0 radical (unpaired) electrons. The molecule has 0 saturated heterocycles. The van der Waals surface area contributed by atoms with Crippen LogP contribution in [0.15, 0.2) is 110 Å². The number of fused-ring (bicyclic) bond motifs is 3. The van der Waals surface area contributed by atoms with E-state index < -0.39 is 17.2 Å². The van der Waals surface area contributed by atoms with Crippen LogP contribution in [-0.2, 0) is 0 Å². The average molecular weight is 922 g/mol. The average Bonchev–Trinajstić information content (AvgIpc) is 3.27. The summed E-state index contributed by atoms with van der Waals surface area (Å²) in [6, 6.07) is 20.0. The van der Waals surface area contributed by atoms with Gasteiger partial charge in [-0.25, -0.2) is 13.3 Å². The van der Waals surface area contributed by atoms with Crippen molar-refractivity contribution in [3.05, 3.63) is 97.1 Å². The third kappa shape index (κ3) is 9.01. The minimum absolute atomic E-state index is 0.0304. The molecule has 67 heavy (non-hydrogen) atoms. The number of aromatic hydroxyl groups is 15. The van der Waals surface area contributed by atoms with Gasteiger partial charge in [0.05, 0.1) is 49.1 Å². The molecule has 0 aliphatic heterocycles. The summed E-state index contributed by atoms with van der Waals surface area (Å²) in [5.41, 5.74) is 1.21. The van der Waals surface area contributed by atoms with Gasteiger partial charge in [-0.3, -0.25) is 0 Å². The standard InChI is InChI=1S/C17H14O7.C15H10O7.C15H10O6/c1-22-14-3-8(4-15(23-2)16(14)21)17-12(20)7-10-11(19)5-9(18)6-13(10)24-17;16-7-3-9(17)8-5-12(20)15(22-13(8)4-7)6-1-10(18)14(21)11(19)2-6;16-8-4-11(18)9-6-13(20)15(21-14(9)5-8)7-1-2-10(17)12(19)3-7/h3-7H,1-2H3,(H3-,18,19,20,21);1-5H,(H5-,16,17,18,19,20,21);1-6H,(H4-,16,17,18,19,20)/p+3. The van der Waals surface area contributed by atoms with E-state index in [-0.39, 0.29) is 136 Å². The van der Waals surface area contributed by atoms with Crippen LogP contribution in [0.1, 0.15) is 0 Å². The molecular formula is C47H37O20+3. The summed E-state index contributed by atoms with van der Waals surface area (Å²) in [5.74, 6) is -4.68. The number of ether oxygens (including phenoxy) is 2. The fourth-order valence-electron chi connectivity index (χ4n) is 6.62. The quantitative estimate of drug-likeness (QED) is 0.0566. The molecule has 3 aromatic heterocycles. The molecule has 9 aromatic rings. The van der Waals surface area contributed by atoms with Gasteiger partial charge in [-0.15, -0.1) is 0 Å². The van der Waals surface area contributed by atoms with Crippen LogP contribution in [0.5, 0.6) is 97.7 Å². The molecule has 0 fully saturated rings. The van der Waals surface area contributed by atoms with Crippen molar-refractivity contribution in [2.75, 3.05) is 14.2 Å². The van der Waals surface area contributed by atoms with Crippen molar-refractivity contribution >= 4 is 32.9 Å². The van der Waals surface area contributed by atoms with Crippen molar-refractivity contribution in [1.82, 2.24) is 0 Å². The number of benzene rings is 6. The van der Waals surface area contributed by atoms with E-state index in [4.69, 9.17) is 22.7 Å². The minimum atomic E-state index is -0.695. The second-order valence-corrected chi connectivity index (χ2v) is 14.3. The predicted octanol–water partition coefficient (Wildman–Crippen LogP) is 8.74. The Kier molecular flexibility index (Phi) is 12.0. The maximum atomic E-state index is 10.2. The smallest absolute Gasteiger partial charge is 0.402 e. The Balaban J connectivity index is 0.000000149. The first-order valence-corrected chi connectivity index (χ1v) is 19.0. The van der Waals surface area contributed by atoms with Crippen LogP contribution in [0.3, 0.4) is 0 Å². The van der Waals surface area contributed by atoms with E-state index in [1.165, 1.54) is 80.9 Å². The highest BCUT2D eigenvalue weighted by Gasteiger charge is 2.29. The van der Waals surface area contributed by atoms with Gasteiger partial charge in [-0.05, 0) is 12.1 Å². The normalized spacial score (nSPS) is 10.8. The molecule has 20 nitrogen and oxygen atoms in total. The van der Waals surface area contributed by atoms with Crippen molar-refractivity contribution in [3.8, 4) is 132 Å². The van der Waals surface area contributed by atoms with E-state index in [1.807, 2.05) is 0 Å². The molecule has 0 aliphatic carbocycles. The zero-order valence-electron chi connectivity index (χ0n) is 34.5. The largest absolute Gasteiger partial charge is 0.507 e. The Hall–Kier alpha value is -9.85. The van der Waals surface area contributed by atoms with E-state index in [9.17, 15) is 76.6 Å². The molecule has 0 amide bonds. The van der Waals surface area contributed by atoms with Crippen molar-refractivity contribution in [2.45, 2.75) is 0 Å². The second-order valence-electron chi connectivity index (χ2n) is 14.3. The highest BCUT2D eigenvalue weighted by molar-refractivity contribution is 5.91. The topological polar surface area (TPSA) is 356 Å². The number of hydrogen-bond acceptors (Lipinski definition) is 17. The van der Waals surface area contributed by atoms with E-state index in [0.717, 1.165) is 30.3 Å². The maximum absolute atomic E-state index is 10.2. The summed E-state index contributed by atoms with van der Waals surface area (Å²) in [7, 11) is 2.76. The van der Waals surface area contributed by atoms with E-state index >= 15 is 0 Å². The first kappa shape index (κ1) is 45.2. The maximum Gasteiger partial charge on any atom is 0.402 e. The fourth-order valence-corrected chi connectivity index (χ4v) is 6.62. The lowest BCUT2D eigenvalue weighted by Gasteiger charge is -2.09. The summed E-state index contributed by atoms with van der Waals surface area (Å²) >= 11 is 0. The van der Waals surface area contributed by atoms with Gasteiger partial charge < -0.3 is 86.1 Å². The van der Waals surface area contributed by atoms with Gasteiger partial charge in [0.1, 0.15) is 50.7 Å². The van der Waals surface area contributed by atoms with Gasteiger partial charge in [-0.2, -0.15) is 0 Å². The Morgan fingerprint density at radius 1 is 0.299 bits per heavy atom. The minimum Gasteiger partial charge on any atom is -0.507 e. The van der Waals surface area contributed by atoms with Crippen LogP contribution in [0.25, 0.3) is 66.9 Å². The highest BCUT2D eigenvalue weighted by atomic mass is 16.5. The van der Waals surface area contributed by atoms with Crippen LogP contribution in [0.4, 0.5) is 0 Å². The van der Waals surface area contributed by atoms with Gasteiger partial charge >= 0.3 is 34.0 Å². The molecule has 6 aromatic carbocycles. The lowest BCUT2D eigenvalue weighted by atomic mass is 10.1. The van der Waals surface area contributed by atoms with E-state index in [2.05, 4.69) is 0 Å². The molecule has 0 aliphatic rings. The fraction of sp³-hybridized carbons (Fsp3) is 0.0426. The van der Waals surface area contributed by atoms with Crippen LogP contribution in [0, 0.1) is 0 Å². The summed E-state index contributed by atoms with van der Waals surface area (Å²) in [4.78, 5) is 0. The molecule has 0 bridgehead atoms. The Morgan fingerprint density at radius 3 is 1.00 bits per heavy atom. The number of phenolic OH excluding ortho intramolecular Hbond substituents is 12. The zero-order chi connectivity index (χ0) is 48.6. The molecule has 9 rings (SSSR count). The van der Waals surface area contributed by atoms with Crippen molar-refractivity contribution in [1.29, 1.82) is 0 Å². The summed E-state index contributed by atoms with van der Waals surface area (Å²) in [6.07, 6.45) is 0. The lowest BCUT2D eigenvalue weighted by Crippen LogP contribution is -1.91. The number of phenols is 12. The van der Waals surface area contributed by atoms with Crippen molar-refractivity contribution in [2.24, 2.45) is 0 Å². The third-order valence-electron chi connectivity index (χ3n) is 9.80. The van der Waals surface area contributed by atoms with Gasteiger partial charge in [0.25, 0.3) is 0 Å². The molecule has 0 saturated carbocycles. The second kappa shape index (κ2) is 17.7. The molecular weight excluding hydrogens is 884 g/mol. The lowest BCUT2D eigenvalue weighted by molar-refractivity contribution is 0.340. The van der Waals surface area contributed by atoms with Crippen LogP contribution in [0.2, 0.25) is 0 Å². The monoisotopic (exact) mass is 921 g/mol. The van der Waals surface area contributed by atoms with Gasteiger partial charge in [0.2, 0.25) is 23.0 Å². The molecule has 0 unspecified atom stereocenters. The Labute approximate surface area is 374 Å². The summed E-state index contributed by atoms with van der Waals surface area (Å²) in [6.45, 7) is 0. The molecule has 15 N–H and O–H groups in total. The third-order valence-corrected chi connectivity index (χ3v) is 9.80. The molecule has 0 spiro atoms. The Bertz CT molecular complexity index is 3360.